The summed E-state index contributed by atoms with van der Waals surface area (Å²) in [4.78, 5) is 11.3. The first-order valence-corrected chi connectivity index (χ1v) is 4.27. The summed E-state index contributed by atoms with van der Waals surface area (Å²) < 4.78 is 12.6. The number of hydrogen-bond acceptors (Lipinski definition) is 2. The Balaban J connectivity index is 0.00000144. The van der Waals surface area contributed by atoms with Crippen molar-refractivity contribution in [2.45, 2.75) is 38.5 Å². The SMILES string of the molecule is CC(C)NC(=O)[C@@H]1C[C@@H](F)CN1.Cl. The third kappa shape index (κ3) is 3.91. The second-order valence-electron chi connectivity index (χ2n) is 3.46. The van der Waals surface area contributed by atoms with Crippen molar-refractivity contribution in [1.29, 1.82) is 0 Å². The number of nitrogens with one attached hydrogen (secondary N) is 2. The molecular weight excluding hydrogens is 195 g/mol. The lowest BCUT2D eigenvalue weighted by molar-refractivity contribution is -0.123. The highest BCUT2D eigenvalue weighted by Gasteiger charge is 2.29. The molecule has 78 valence electrons. The number of amides is 1. The van der Waals surface area contributed by atoms with Crippen molar-refractivity contribution in [1.82, 2.24) is 10.6 Å². The summed E-state index contributed by atoms with van der Waals surface area (Å²) in [6.45, 7) is 4.08. The van der Waals surface area contributed by atoms with Crippen molar-refractivity contribution in [3.63, 3.8) is 0 Å². The topological polar surface area (TPSA) is 41.1 Å². The van der Waals surface area contributed by atoms with Gasteiger partial charge >= 0.3 is 0 Å². The zero-order chi connectivity index (χ0) is 9.14. The van der Waals surface area contributed by atoms with Gasteiger partial charge in [-0.2, -0.15) is 0 Å². The van der Waals surface area contributed by atoms with Crippen LogP contribution >= 0.6 is 12.4 Å². The molecule has 0 aromatic rings. The first-order valence-electron chi connectivity index (χ1n) is 4.27. The Hall–Kier alpha value is -0.350. The van der Waals surface area contributed by atoms with Crippen molar-refractivity contribution < 1.29 is 9.18 Å². The van der Waals surface area contributed by atoms with E-state index in [0.29, 0.717) is 13.0 Å². The van der Waals surface area contributed by atoms with E-state index in [9.17, 15) is 9.18 Å². The van der Waals surface area contributed by atoms with Gasteiger partial charge in [0.05, 0.1) is 6.04 Å². The Bertz CT molecular complexity index is 178. The Morgan fingerprint density at radius 1 is 1.62 bits per heavy atom. The van der Waals surface area contributed by atoms with E-state index in [0.717, 1.165) is 0 Å². The Labute approximate surface area is 83.9 Å². The molecule has 0 unspecified atom stereocenters. The number of halogens is 2. The average Bonchev–Trinajstić information content (AvgIpc) is 2.34. The highest BCUT2D eigenvalue weighted by Crippen LogP contribution is 2.09. The molecule has 1 fully saturated rings. The normalized spacial score (nSPS) is 27.1. The molecule has 0 aromatic carbocycles. The minimum Gasteiger partial charge on any atom is -0.353 e. The molecule has 1 saturated heterocycles. The van der Waals surface area contributed by atoms with Crippen LogP contribution in [0.5, 0.6) is 0 Å². The Morgan fingerprint density at radius 2 is 2.23 bits per heavy atom. The standard InChI is InChI=1S/C8H15FN2O.ClH/c1-5(2)11-8(12)7-3-6(9)4-10-7;/h5-7,10H,3-4H2,1-2H3,(H,11,12);1H/t6-,7+;/m1./s1. The molecule has 1 rings (SSSR count). The van der Waals surface area contributed by atoms with E-state index in [1.54, 1.807) is 0 Å². The smallest absolute Gasteiger partial charge is 0.237 e. The highest BCUT2D eigenvalue weighted by atomic mass is 35.5. The monoisotopic (exact) mass is 210 g/mol. The van der Waals surface area contributed by atoms with Crippen molar-refractivity contribution in [3.05, 3.63) is 0 Å². The molecule has 0 spiro atoms. The van der Waals surface area contributed by atoms with E-state index in [4.69, 9.17) is 0 Å². The fourth-order valence-corrected chi connectivity index (χ4v) is 1.28. The molecule has 0 aromatic heterocycles. The van der Waals surface area contributed by atoms with Crippen LogP contribution in [0.1, 0.15) is 20.3 Å². The van der Waals surface area contributed by atoms with Crippen LogP contribution in [-0.4, -0.2) is 30.7 Å². The third-order valence-corrected chi connectivity index (χ3v) is 1.82. The lowest BCUT2D eigenvalue weighted by atomic mass is 10.2. The third-order valence-electron chi connectivity index (χ3n) is 1.82. The van der Waals surface area contributed by atoms with E-state index in [1.807, 2.05) is 13.8 Å². The number of carbonyl (C=O) groups is 1. The molecule has 0 bridgehead atoms. The van der Waals surface area contributed by atoms with Gasteiger partial charge in [0.15, 0.2) is 0 Å². The number of carbonyl (C=O) groups excluding carboxylic acids is 1. The maximum atomic E-state index is 12.6. The summed E-state index contributed by atoms with van der Waals surface area (Å²) in [7, 11) is 0. The minimum absolute atomic E-state index is 0. The molecule has 0 saturated carbocycles. The molecular formula is C8H16ClFN2O. The van der Waals surface area contributed by atoms with Crippen LogP contribution in [0.15, 0.2) is 0 Å². The van der Waals surface area contributed by atoms with Crippen LogP contribution in [0.25, 0.3) is 0 Å². The van der Waals surface area contributed by atoms with Crippen LogP contribution < -0.4 is 10.6 Å². The molecule has 1 aliphatic rings. The van der Waals surface area contributed by atoms with Crippen LogP contribution in [0.2, 0.25) is 0 Å². The zero-order valence-electron chi connectivity index (χ0n) is 7.84. The Kier molecular flexibility index (Phi) is 5.25. The lowest BCUT2D eigenvalue weighted by Crippen LogP contribution is -2.43. The summed E-state index contributed by atoms with van der Waals surface area (Å²) in [6.07, 6.45) is -0.564. The summed E-state index contributed by atoms with van der Waals surface area (Å²) in [5.41, 5.74) is 0. The molecule has 1 amide bonds. The van der Waals surface area contributed by atoms with Gasteiger partial charge < -0.3 is 10.6 Å². The summed E-state index contributed by atoms with van der Waals surface area (Å²) in [5.74, 6) is -0.0925. The molecule has 2 N–H and O–H groups in total. The van der Waals surface area contributed by atoms with Gasteiger partial charge in [-0.05, 0) is 13.8 Å². The second kappa shape index (κ2) is 5.40. The predicted molar refractivity (Wildman–Crippen MR) is 51.8 cm³/mol. The largest absolute Gasteiger partial charge is 0.353 e. The van der Waals surface area contributed by atoms with Gasteiger partial charge in [-0.3, -0.25) is 4.79 Å². The number of rotatable bonds is 2. The maximum Gasteiger partial charge on any atom is 0.237 e. The first-order chi connectivity index (χ1) is 5.59. The Morgan fingerprint density at radius 3 is 2.62 bits per heavy atom. The molecule has 0 aliphatic carbocycles. The van der Waals surface area contributed by atoms with Crippen molar-refractivity contribution >= 4 is 18.3 Å². The number of alkyl halides is 1. The quantitative estimate of drug-likeness (QED) is 0.702. The molecule has 5 heteroatoms. The maximum absolute atomic E-state index is 12.6. The van der Waals surface area contributed by atoms with Gasteiger partial charge in [-0.15, -0.1) is 12.4 Å². The van der Waals surface area contributed by atoms with Crippen LogP contribution in [0, 0.1) is 0 Å². The molecule has 3 nitrogen and oxygen atoms in total. The minimum atomic E-state index is -0.868. The van der Waals surface area contributed by atoms with E-state index in [-0.39, 0.29) is 30.4 Å². The molecule has 0 radical (unpaired) electrons. The molecule has 1 heterocycles. The van der Waals surface area contributed by atoms with Crippen molar-refractivity contribution in [2.75, 3.05) is 6.54 Å². The van der Waals surface area contributed by atoms with E-state index >= 15 is 0 Å². The predicted octanol–water partition coefficient (Wildman–Crippen LogP) is 0.633. The van der Waals surface area contributed by atoms with Gasteiger partial charge in [0.25, 0.3) is 0 Å². The average molecular weight is 211 g/mol. The van der Waals surface area contributed by atoms with Gasteiger partial charge in [0, 0.05) is 19.0 Å². The lowest BCUT2D eigenvalue weighted by Gasteiger charge is -2.12. The van der Waals surface area contributed by atoms with Crippen molar-refractivity contribution in [3.8, 4) is 0 Å². The fraction of sp³-hybridized carbons (Fsp3) is 0.875. The van der Waals surface area contributed by atoms with Crippen LogP contribution in [0.3, 0.4) is 0 Å². The highest BCUT2D eigenvalue weighted by molar-refractivity contribution is 5.85. The van der Waals surface area contributed by atoms with Gasteiger partial charge in [-0.25, -0.2) is 4.39 Å². The summed E-state index contributed by atoms with van der Waals surface area (Å²) in [6, 6.07) is -0.208. The van der Waals surface area contributed by atoms with Crippen LogP contribution in [-0.2, 0) is 4.79 Å². The first kappa shape index (κ1) is 12.7. The van der Waals surface area contributed by atoms with Gasteiger partial charge in [-0.1, -0.05) is 0 Å². The summed E-state index contributed by atoms with van der Waals surface area (Å²) in [5, 5.41) is 5.56. The molecule has 1 aliphatic heterocycles. The van der Waals surface area contributed by atoms with E-state index < -0.39 is 6.17 Å². The summed E-state index contributed by atoms with van der Waals surface area (Å²) >= 11 is 0. The second-order valence-corrected chi connectivity index (χ2v) is 3.46. The molecule has 2 atom stereocenters. The zero-order valence-corrected chi connectivity index (χ0v) is 8.66. The van der Waals surface area contributed by atoms with Gasteiger partial charge in [0.1, 0.15) is 6.17 Å². The van der Waals surface area contributed by atoms with Crippen molar-refractivity contribution in [2.24, 2.45) is 0 Å². The van der Waals surface area contributed by atoms with E-state index in [2.05, 4.69) is 10.6 Å². The molecule has 13 heavy (non-hydrogen) atoms. The number of hydrogen-bond donors (Lipinski definition) is 2. The van der Waals surface area contributed by atoms with Gasteiger partial charge in [0.2, 0.25) is 5.91 Å². The fourth-order valence-electron chi connectivity index (χ4n) is 1.28. The van der Waals surface area contributed by atoms with Crippen LogP contribution in [0.4, 0.5) is 4.39 Å². The van der Waals surface area contributed by atoms with E-state index in [1.165, 1.54) is 0 Å².